The number of cyclic esters (lactones) is 2. The van der Waals surface area contributed by atoms with E-state index in [1.54, 1.807) is 12.2 Å². The van der Waals surface area contributed by atoms with Gasteiger partial charge >= 0.3 is 11.9 Å². The minimum atomic E-state index is -0.588. The molecule has 1 aromatic rings. The average molecular weight is 256 g/mol. The molecule has 0 aliphatic carbocycles. The Labute approximate surface area is 112 Å². The van der Waals surface area contributed by atoms with E-state index in [4.69, 9.17) is 0 Å². The lowest BCUT2D eigenvalue weighted by Gasteiger charge is -2.02. The molecule has 1 atom stereocenters. The molecular formula is C16H16O3. The summed E-state index contributed by atoms with van der Waals surface area (Å²) in [5.74, 6) is -1.42. The molecule has 19 heavy (non-hydrogen) atoms. The number of hydrogen-bond donors (Lipinski definition) is 0. The van der Waals surface area contributed by atoms with Gasteiger partial charge < -0.3 is 4.74 Å². The monoisotopic (exact) mass is 256 g/mol. The van der Waals surface area contributed by atoms with E-state index in [1.165, 1.54) is 0 Å². The summed E-state index contributed by atoms with van der Waals surface area (Å²) in [4.78, 5) is 23.3. The van der Waals surface area contributed by atoms with E-state index in [0.29, 0.717) is 5.57 Å². The Morgan fingerprint density at radius 3 is 2.47 bits per heavy atom. The summed E-state index contributed by atoms with van der Waals surface area (Å²) in [6.45, 7) is 3.92. The fraction of sp³-hybridized carbons (Fsp3) is 0.250. The molecule has 0 amide bonds. The van der Waals surface area contributed by atoms with Crippen LogP contribution in [0.4, 0.5) is 0 Å². The first-order valence-electron chi connectivity index (χ1n) is 6.29. The van der Waals surface area contributed by atoms with Crippen LogP contribution in [0.5, 0.6) is 0 Å². The lowest BCUT2D eigenvalue weighted by Crippen LogP contribution is -2.06. The Balaban J connectivity index is 2.24. The van der Waals surface area contributed by atoms with Gasteiger partial charge in [0.25, 0.3) is 0 Å². The number of rotatable bonds is 3. The zero-order chi connectivity index (χ0) is 13.8. The summed E-state index contributed by atoms with van der Waals surface area (Å²) in [5, 5.41) is 0. The second kappa shape index (κ2) is 5.65. The number of hydrogen-bond acceptors (Lipinski definition) is 3. The summed E-state index contributed by atoms with van der Waals surface area (Å²) in [7, 11) is 0. The highest BCUT2D eigenvalue weighted by molar-refractivity contribution is 6.08. The highest BCUT2D eigenvalue weighted by Gasteiger charge is 2.37. The van der Waals surface area contributed by atoms with Gasteiger partial charge in [-0.25, -0.2) is 4.79 Å². The lowest BCUT2D eigenvalue weighted by atomic mass is 9.97. The van der Waals surface area contributed by atoms with Crippen LogP contribution in [0.3, 0.4) is 0 Å². The Morgan fingerprint density at radius 1 is 1.16 bits per heavy atom. The van der Waals surface area contributed by atoms with Gasteiger partial charge in [0, 0.05) is 0 Å². The molecule has 1 saturated heterocycles. The van der Waals surface area contributed by atoms with Crippen LogP contribution < -0.4 is 0 Å². The Morgan fingerprint density at radius 2 is 1.84 bits per heavy atom. The van der Waals surface area contributed by atoms with Crippen LogP contribution in [0.1, 0.15) is 19.4 Å². The van der Waals surface area contributed by atoms with Crippen LogP contribution in [0.2, 0.25) is 0 Å². The van der Waals surface area contributed by atoms with Crippen molar-refractivity contribution in [3.8, 4) is 0 Å². The predicted molar refractivity (Wildman–Crippen MR) is 73.0 cm³/mol. The van der Waals surface area contributed by atoms with Gasteiger partial charge in [0.05, 0.1) is 5.57 Å². The van der Waals surface area contributed by atoms with Crippen LogP contribution >= 0.6 is 0 Å². The molecule has 2 rings (SSSR count). The fourth-order valence-corrected chi connectivity index (χ4v) is 1.95. The third kappa shape index (κ3) is 3.19. The molecule has 3 heteroatoms. The van der Waals surface area contributed by atoms with Crippen LogP contribution in [0.15, 0.2) is 48.1 Å². The number of benzene rings is 1. The number of esters is 2. The van der Waals surface area contributed by atoms with Gasteiger partial charge in [-0.2, -0.15) is 0 Å². The van der Waals surface area contributed by atoms with Crippen molar-refractivity contribution in [3.05, 3.63) is 53.6 Å². The standard InChI is InChI=1S/C16H16O3/c1-11(2)10-14-13(15(17)19-16(14)18)9-8-12-6-4-3-5-7-12/h3-11,13H,1-2H3. The largest absolute Gasteiger partial charge is 0.389 e. The van der Waals surface area contributed by atoms with Crippen LogP contribution in [-0.4, -0.2) is 11.9 Å². The Kier molecular flexibility index (Phi) is 3.95. The predicted octanol–water partition coefficient (Wildman–Crippen LogP) is 2.98. The topological polar surface area (TPSA) is 43.4 Å². The minimum absolute atomic E-state index is 0.195. The molecule has 0 aromatic heterocycles. The van der Waals surface area contributed by atoms with E-state index >= 15 is 0 Å². The van der Waals surface area contributed by atoms with Crippen molar-refractivity contribution in [1.82, 2.24) is 0 Å². The van der Waals surface area contributed by atoms with Gasteiger partial charge in [-0.05, 0) is 11.5 Å². The molecule has 1 aliphatic rings. The first-order valence-corrected chi connectivity index (χ1v) is 6.29. The van der Waals surface area contributed by atoms with Crippen molar-refractivity contribution in [2.24, 2.45) is 11.8 Å². The van der Waals surface area contributed by atoms with Crippen molar-refractivity contribution in [2.45, 2.75) is 13.8 Å². The molecule has 1 fully saturated rings. The van der Waals surface area contributed by atoms with Gasteiger partial charge in [-0.1, -0.05) is 62.4 Å². The van der Waals surface area contributed by atoms with Crippen molar-refractivity contribution < 1.29 is 14.3 Å². The van der Waals surface area contributed by atoms with Crippen molar-refractivity contribution in [1.29, 1.82) is 0 Å². The molecule has 0 spiro atoms. The summed E-state index contributed by atoms with van der Waals surface area (Å²) < 4.78 is 4.68. The molecule has 98 valence electrons. The van der Waals surface area contributed by atoms with Crippen molar-refractivity contribution in [3.63, 3.8) is 0 Å². The summed E-state index contributed by atoms with van der Waals surface area (Å²) in [6.07, 6.45) is 5.34. The third-order valence-corrected chi connectivity index (χ3v) is 2.81. The number of allylic oxidation sites excluding steroid dienone is 1. The van der Waals surface area contributed by atoms with Gasteiger partial charge in [0.1, 0.15) is 5.92 Å². The smallest absolute Gasteiger partial charge is 0.342 e. The second-order valence-corrected chi connectivity index (χ2v) is 4.82. The first kappa shape index (κ1) is 13.3. The molecule has 1 unspecified atom stereocenters. The molecule has 3 nitrogen and oxygen atoms in total. The second-order valence-electron chi connectivity index (χ2n) is 4.82. The van der Waals surface area contributed by atoms with E-state index < -0.39 is 17.9 Å². The zero-order valence-electron chi connectivity index (χ0n) is 11.0. The highest BCUT2D eigenvalue weighted by Crippen LogP contribution is 2.26. The van der Waals surface area contributed by atoms with Crippen molar-refractivity contribution >= 4 is 18.0 Å². The minimum Gasteiger partial charge on any atom is -0.389 e. The molecule has 0 radical (unpaired) electrons. The maximum atomic E-state index is 11.7. The molecule has 0 saturated carbocycles. The van der Waals surface area contributed by atoms with E-state index in [2.05, 4.69) is 4.74 Å². The molecule has 1 heterocycles. The van der Waals surface area contributed by atoms with Crippen LogP contribution in [0, 0.1) is 11.8 Å². The molecule has 0 N–H and O–H groups in total. The zero-order valence-corrected chi connectivity index (χ0v) is 11.0. The van der Waals surface area contributed by atoms with Gasteiger partial charge in [0.15, 0.2) is 0 Å². The number of carbonyl (C=O) groups excluding carboxylic acids is 2. The summed E-state index contributed by atoms with van der Waals surface area (Å²) in [5.41, 5.74) is 1.42. The van der Waals surface area contributed by atoms with E-state index in [1.807, 2.05) is 50.3 Å². The van der Waals surface area contributed by atoms with Gasteiger partial charge in [-0.3, -0.25) is 4.79 Å². The van der Waals surface area contributed by atoms with E-state index in [-0.39, 0.29) is 5.92 Å². The Bertz CT molecular complexity index is 538. The molecule has 1 aliphatic heterocycles. The lowest BCUT2D eigenvalue weighted by molar-refractivity contribution is -0.152. The first-order chi connectivity index (χ1) is 9.08. The van der Waals surface area contributed by atoms with Gasteiger partial charge in [0.2, 0.25) is 0 Å². The van der Waals surface area contributed by atoms with Crippen LogP contribution in [-0.2, 0) is 14.3 Å². The quantitative estimate of drug-likeness (QED) is 0.474. The van der Waals surface area contributed by atoms with E-state index in [0.717, 1.165) is 5.56 Å². The maximum Gasteiger partial charge on any atom is 0.342 e. The average Bonchev–Trinajstić information content (AvgIpc) is 2.63. The number of carbonyl (C=O) groups is 2. The normalized spacial score (nSPS) is 21.6. The van der Waals surface area contributed by atoms with Gasteiger partial charge in [-0.15, -0.1) is 0 Å². The molecule has 0 bridgehead atoms. The molecular weight excluding hydrogens is 240 g/mol. The fourth-order valence-electron chi connectivity index (χ4n) is 1.95. The summed E-state index contributed by atoms with van der Waals surface area (Å²) >= 11 is 0. The Hall–Kier alpha value is -2.16. The van der Waals surface area contributed by atoms with E-state index in [9.17, 15) is 9.59 Å². The summed E-state index contributed by atoms with van der Waals surface area (Å²) in [6, 6.07) is 9.63. The van der Waals surface area contributed by atoms with Crippen molar-refractivity contribution in [2.75, 3.05) is 0 Å². The highest BCUT2D eigenvalue weighted by atomic mass is 16.6. The van der Waals surface area contributed by atoms with Crippen LogP contribution in [0.25, 0.3) is 6.08 Å². The maximum absolute atomic E-state index is 11.7. The third-order valence-electron chi connectivity index (χ3n) is 2.81. The SMILES string of the molecule is CC(C)C=C1C(=O)OC(=O)C1C=Cc1ccccc1. The molecule has 1 aromatic carbocycles. The number of ether oxygens (including phenoxy) is 1.